The van der Waals surface area contributed by atoms with Gasteiger partial charge >= 0.3 is 0 Å². The first-order chi connectivity index (χ1) is 6.72. The number of hydrogen-bond acceptors (Lipinski definition) is 3. The molecule has 2 nitrogen and oxygen atoms in total. The van der Waals surface area contributed by atoms with Crippen LogP contribution in [0.2, 0.25) is 4.47 Å². The molecule has 0 fully saturated rings. The van der Waals surface area contributed by atoms with Crippen molar-refractivity contribution in [2.24, 2.45) is 0 Å². The predicted octanol–water partition coefficient (Wildman–Crippen LogP) is 3.95. The van der Waals surface area contributed by atoms with Crippen molar-refractivity contribution in [3.8, 4) is 5.75 Å². The Morgan fingerprint density at radius 1 is 1.57 bits per heavy atom. The van der Waals surface area contributed by atoms with Gasteiger partial charge in [0.05, 0.1) is 20.4 Å². The third-order valence-electron chi connectivity index (χ3n) is 1.74. The van der Waals surface area contributed by atoms with Crippen LogP contribution in [0.25, 0.3) is 10.2 Å². The first-order valence-corrected chi connectivity index (χ1v) is 6.37. The summed E-state index contributed by atoms with van der Waals surface area (Å²) in [6, 6.07) is 3.87. The van der Waals surface area contributed by atoms with Gasteiger partial charge in [0.2, 0.25) is 0 Å². The van der Waals surface area contributed by atoms with Crippen LogP contribution in [-0.4, -0.2) is 11.6 Å². The van der Waals surface area contributed by atoms with Gasteiger partial charge in [-0.15, -0.1) is 11.3 Å². The van der Waals surface area contributed by atoms with Crippen molar-refractivity contribution in [3.63, 3.8) is 0 Å². The molecule has 0 aliphatic heterocycles. The molecule has 1 heterocycles. The molecule has 0 atom stereocenters. The summed E-state index contributed by atoms with van der Waals surface area (Å²) >= 11 is 9.60. The summed E-state index contributed by atoms with van der Waals surface area (Å²) in [5.41, 5.74) is 0.938. The van der Waals surface area contributed by atoms with Crippen molar-refractivity contribution in [3.05, 3.63) is 20.2 Å². The highest BCUT2D eigenvalue weighted by Gasteiger charge is 2.09. The average molecular weight is 340 g/mol. The SMILES string of the molecule is CCOc1ccc2nc(Cl)sc2c1I. The molecule has 14 heavy (non-hydrogen) atoms. The van der Waals surface area contributed by atoms with E-state index in [0.29, 0.717) is 11.1 Å². The van der Waals surface area contributed by atoms with Gasteiger partial charge in [-0.05, 0) is 41.6 Å². The lowest BCUT2D eigenvalue weighted by molar-refractivity contribution is 0.338. The molecule has 0 saturated heterocycles. The summed E-state index contributed by atoms with van der Waals surface area (Å²) in [6.07, 6.45) is 0. The molecule has 74 valence electrons. The van der Waals surface area contributed by atoms with E-state index in [1.807, 2.05) is 19.1 Å². The molecule has 0 radical (unpaired) electrons. The van der Waals surface area contributed by atoms with E-state index in [0.717, 1.165) is 19.5 Å². The minimum Gasteiger partial charge on any atom is -0.493 e. The summed E-state index contributed by atoms with van der Waals surface area (Å²) in [5, 5.41) is 0. The normalized spacial score (nSPS) is 10.8. The molecule has 5 heteroatoms. The first kappa shape index (κ1) is 10.4. The molecule has 2 rings (SSSR count). The van der Waals surface area contributed by atoms with E-state index in [9.17, 15) is 0 Å². The Labute approximate surface area is 104 Å². The van der Waals surface area contributed by atoms with Gasteiger partial charge in [0, 0.05) is 0 Å². The van der Waals surface area contributed by atoms with E-state index in [-0.39, 0.29) is 0 Å². The Balaban J connectivity index is 2.61. The fourth-order valence-electron chi connectivity index (χ4n) is 1.18. The summed E-state index contributed by atoms with van der Waals surface area (Å²) in [6.45, 7) is 2.65. The van der Waals surface area contributed by atoms with Crippen LogP contribution < -0.4 is 4.74 Å². The van der Waals surface area contributed by atoms with Gasteiger partial charge in [-0.1, -0.05) is 11.6 Å². The van der Waals surface area contributed by atoms with Crippen molar-refractivity contribution < 1.29 is 4.74 Å². The third-order valence-corrected chi connectivity index (χ3v) is 4.37. The predicted molar refractivity (Wildman–Crippen MR) is 68.5 cm³/mol. The summed E-state index contributed by atoms with van der Waals surface area (Å²) in [5.74, 6) is 0.904. The van der Waals surface area contributed by atoms with E-state index in [1.165, 1.54) is 11.3 Å². The van der Waals surface area contributed by atoms with Crippen molar-refractivity contribution >= 4 is 55.7 Å². The summed E-state index contributed by atoms with van der Waals surface area (Å²) in [7, 11) is 0. The molecule has 0 bridgehead atoms. The molecule has 1 aromatic carbocycles. The van der Waals surface area contributed by atoms with Gasteiger partial charge in [0.25, 0.3) is 0 Å². The fourth-order valence-corrected chi connectivity index (χ4v) is 3.17. The van der Waals surface area contributed by atoms with E-state index in [2.05, 4.69) is 27.6 Å². The quantitative estimate of drug-likeness (QED) is 0.773. The molecular weight excluding hydrogens is 333 g/mol. The van der Waals surface area contributed by atoms with E-state index in [1.54, 1.807) is 0 Å². The standard InChI is InChI=1S/C9H7ClINOS/c1-2-13-6-4-3-5-8(7(6)11)14-9(10)12-5/h3-4H,2H2,1H3. The largest absolute Gasteiger partial charge is 0.493 e. The average Bonchev–Trinajstić information content (AvgIpc) is 2.52. The van der Waals surface area contributed by atoms with E-state index in [4.69, 9.17) is 16.3 Å². The second-order valence-electron chi connectivity index (χ2n) is 2.63. The highest BCUT2D eigenvalue weighted by molar-refractivity contribution is 14.1. The summed E-state index contributed by atoms with van der Waals surface area (Å²) < 4.78 is 8.25. The molecule has 0 aliphatic rings. The molecular formula is C9H7ClINOS. The van der Waals surface area contributed by atoms with Gasteiger partial charge in [0.1, 0.15) is 5.75 Å². The van der Waals surface area contributed by atoms with E-state index >= 15 is 0 Å². The fraction of sp³-hybridized carbons (Fsp3) is 0.222. The lowest BCUT2D eigenvalue weighted by Crippen LogP contribution is -1.93. The number of aromatic nitrogens is 1. The molecule has 2 aromatic rings. The van der Waals surface area contributed by atoms with Crippen LogP contribution in [0.15, 0.2) is 12.1 Å². The van der Waals surface area contributed by atoms with Crippen molar-refractivity contribution in [1.29, 1.82) is 0 Å². The number of nitrogens with zero attached hydrogens (tertiary/aromatic N) is 1. The maximum absolute atomic E-state index is 5.85. The third kappa shape index (κ3) is 1.83. The molecule has 0 aliphatic carbocycles. The van der Waals surface area contributed by atoms with Crippen LogP contribution in [0.1, 0.15) is 6.92 Å². The van der Waals surface area contributed by atoms with Crippen LogP contribution in [-0.2, 0) is 0 Å². The zero-order chi connectivity index (χ0) is 10.1. The number of thiazole rings is 1. The lowest BCUT2D eigenvalue weighted by atomic mass is 10.3. The Morgan fingerprint density at radius 3 is 3.07 bits per heavy atom. The number of fused-ring (bicyclic) bond motifs is 1. The zero-order valence-electron chi connectivity index (χ0n) is 7.38. The van der Waals surface area contributed by atoms with Gasteiger partial charge in [-0.3, -0.25) is 0 Å². The first-order valence-electron chi connectivity index (χ1n) is 4.09. The number of halogens is 2. The van der Waals surface area contributed by atoms with Crippen LogP contribution >= 0.6 is 45.5 Å². The highest BCUT2D eigenvalue weighted by Crippen LogP contribution is 2.34. The molecule has 0 unspecified atom stereocenters. The highest BCUT2D eigenvalue weighted by atomic mass is 127. The van der Waals surface area contributed by atoms with Gasteiger partial charge in [-0.25, -0.2) is 4.98 Å². The van der Waals surface area contributed by atoms with E-state index < -0.39 is 0 Å². The van der Waals surface area contributed by atoms with Crippen LogP contribution in [0.4, 0.5) is 0 Å². The van der Waals surface area contributed by atoms with Gasteiger partial charge in [-0.2, -0.15) is 0 Å². The molecule has 0 saturated carbocycles. The maximum Gasteiger partial charge on any atom is 0.184 e. The molecule has 0 N–H and O–H groups in total. The molecule has 0 amide bonds. The molecule has 1 aromatic heterocycles. The Morgan fingerprint density at radius 2 is 2.36 bits per heavy atom. The molecule has 0 spiro atoms. The van der Waals surface area contributed by atoms with Crippen molar-refractivity contribution in [2.45, 2.75) is 6.92 Å². The van der Waals surface area contributed by atoms with Gasteiger partial charge in [0.15, 0.2) is 4.47 Å². The van der Waals surface area contributed by atoms with Crippen LogP contribution in [0.3, 0.4) is 0 Å². The Kier molecular flexibility index (Phi) is 3.14. The maximum atomic E-state index is 5.85. The smallest absolute Gasteiger partial charge is 0.184 e. The second-order valence-corrected chi connectivity index (χ2v) is 5.29. The zero-order valence-corrected chi connectivity index (χ0v) is 11.1. The Bertz CT molecular complexity index is 471. The van der Waals surface area contributed by atoms with Crippen molar-refractivity contribution in [1.82, 2.24) is 4.98 Å². The van der Waals surface area contributed by atoms with Crippen LogP contribution in [0.5, 0.6) is 5.75 Å². The van der Waals surface area contributed by atoms with Gasteiger partial charge < -0.3 is 4.74 Å². The van der Waals surface area contributed by atoms with Crippen LogP contribution in [0, 0.1) is 3.57 Å². The number of ether oxygens (including phenoxy) is 1. The second kappa shape index (κ2) is 4.20. The minimum atomic E-state index is 0.576. The summed E-state index contributed by atoms with van der Waals surface area (Å²) in [4.78, 5) is 4.20. The van der Waals surface area contributed by atoms with Crippen molar-refractivity contribution in [2.75, 3.05) is 6.61 Å². The monoisotopic (exact) mass is 339 g/mol. The Hall–Kier alpha value is -0.0700. The number of rotatable bonds is 2. The minimum absolute atomic E-state index is 0.576. The number of benzene rings is 1. The topological polar surface area (TPSA) is 22.1 Å². The number of hydrogen-bond donors (Lipinski definition) is 0. The lowest BCUT2D eigenvalue weighted by Gasteiger charge is -2.04.